The largest absolute Gasteiger partial charge is 0.467 e. The molecule has 13 heteroatoms. The number of aliphatic hydroxyl groups excluding tert-OH is 3. The zero-order valence-corrected chi connectivity index (χ0v) is 19.4. The van der Waals surface area contributed by atoms with Crippen molar-refractivity contribution in [3.63, 3.8) is 0 Å². The summed E-state index contributed by atoms with van der Waals surface area (Å²) < 4.78 is 57.9. The van der Waals surface area contributed by atoms with Gasteiger partial charge in [0.25, 0.3) is 0 Å². The lowest BCUT2D eigenvalue weighted by Gasteiger charge is -2.43. The fourth-order valence-corrected chi connectivity index (χ4v) is 4.13. The fraction of sp³-hybridized carbons (Fsp3) is 0.375. The molecule has 37 heavy (non-hydrogen) atoms. The van der Waals surface area contributed by atoms with Gasteiger partial charge in [-0.2, -0.15) is 0 Å². The van der Waals surface area contributed by atoms with Gasteiger partial charge in [-0.1, -0.05) is 35.5 Å². The van der Waals surface area contributed by atoms with Crippen LogP contribution in [0.1, 0.15) is 11.6 Å². The zero-order chi connectivity index (χ0) is 26.7. The number of ether oxygens (including phenoxy) is 3. The van der Waals surface area contributed by atoms with Gasteiger partial charge in [0, 0.05) is 5.56 Å². The van der Waals surface area contributed by atoms with E-state index < -0.39 is 66.6 Å². The Hall–Kier alpha value is -3.36. The first-order valence-corrected chi connectivity index (χ1v) is 11.2. The molecule has 0 radical (unpaired) electrons. The minimum atomic E-state index is -1.65. The Labute approximate surface area is 208 Å². The molecule has 1 aliphatic heterocycles. The van der Waals surface area contributed by atoms with Crippen LogP contribution in [0.2, 0.25) is 0 Å². The van der Waals surface area contributed by atoms with Crippen molar-refractivity contribution in [1.82, 2.24) is 15.0 Å². The maximum atomic E-state index is 13.7. The monoisotopic (exact) mass is 523 g/mol. The second-order valence-electron chi connectivity index (χ2n) is 8.37. The minimum absolute atomic E-state index is 0.0423. The van der Waals surface area contributed by atoms with E-state index in [1.54, 1.807) is 30.3 Å². The minimum Gasteiger partial charge on any atom is -0.467 e. The third-order valence-electron chi connectivity index (χ3n) is 6.03. The second kappa shape index (κ2) is 11.4. The molecule has 3 aromatic rings. The van der Waals surface area contributed by atoms with Crippen LogP contribution in [0.5, 0.6) is 0 Å². The van der Waals surface area contributed by atoms with E-state index in [0.29, 0.717) is 12.1 Å². The number of halogens is 3. The standard InChI is InChI=1S/C24H24F3N3O7/c1-35-24(34)23(36-11-12-5-3-2-4-6-12)22-21(33)19(20(32)17(10-31)37-22)30-9-16(28-29-30)13-7-14(25)18(27)15(26)8-13/h2-9,17,19-23,31-33H,10-11H2,1H3/t17?,19-,20-,21?,22+,23-/m0/s1. The Morgan fingerprint density at radius 1 is 1.14 bits per heavy atom. The lowest BCUT2D eigenvalue weighted by Crippen LogP contribution is -2.61. The van der Waals surface area contributed by atoms with E-state index in [0.717, 1.165) is 23.6 Å². The maximum Gasteiger partial charge on any atom is 0.337 e. The van der Waals surface area contributed by atoms with Gasteiger partial charge in [0.15, 0.2) is 23.6 Å². The van der Waals surface area contributed by atoms with E-state index >= 15 is 0 Å². The van der Waals surface area contributed by atoms with Gasteiger partial charge in [0.2, 0.25) is 0 Å². The summed E-state index contributed by atoms with van der Waals surface area (Å²) in [5.74, 6) is -5.40. The number of carbonyl (C=O) groups is 1. The molecule has 0 aliphatic carbocycles. The predicted octanol–water partition coefficient (Wildman–Crippen LogP) is 1.14. The van der Waals surface area contributed by atoms with Crippen molar-refractivity contribution in [3.8, 4) is 11.3 Å². The molecule has 10 nitrogen and oxygen atoms in total. The quantitative estimate of drug-likeness (QED) is 0.293. The number of nitrogens with zero attached hydrogens (tertiary/aromatic N) is 3. The van der Waals surface area contributed by atoms with E-state index in [9.17, 15) is 33.3 Å². The molecule has 2 aromatic carbocycles. The summed E-state index contributed by atoms with van der Waals surface area (Å²) in [5, 5.41) is 39.4. The molecule has 0 amide bonds. The van der Waals surface area contributed by atoms with Crippen LogP contribution >= 0.6 is 0 Å². The Kier molecular flexibility index (Phi) is 8.19. The molecule has 0 bridgehead atoms. The van der Waals surface area contributed by atoms with E-state index in [2.05, 4.69) is 10.3 Å². The van der Waals surface area contributed by atoms with Gasteiger partial charge in [-0.25, -0.2) is 22.6 Å². The first-order valence-electron chi connectivity index (χ1n) is 11.2. The molecule has 2 unspecified atom stereocenters. The lowest BCUT2D eigenvalue weighted by molar-refractivity contribution is -0.239. The molecule has 1 saturated heterocycles. The van der Waals surface area contributed by atoms with E-state index in [1.807, 2.05) is 0 Å². The van der Waals surface area contributed by atoms with Crippen LogP contribution < -0.4 is 0 Å². The van der Waals surface area contributed by atoms with Gasteiger partial charge in [-0.3, -0.25) is 0 Å². The number of benzene rings is 2. The summed E-state index contributed by atoms with van der Waals surface area (Å²) in [6.07, 6.45) is -6.19. The van der Waals surface area contributed by atoms with E-state index in [4.69, 9.17) is 14.2 Å². The number of aliphatic hydroxyl groups is 3. The maximum absolute atomic E-state index is 13.7. The fourth-order valence-electron chi connectivity index (χ4n) is 4.13. The number of esters is 1. The van der Waals surface area contributed by atoms with Crippen molar-refractivity contribution in [2.45, 2.75) is 43.2 Å². The summed E-state index contributed by atoms with van der Waals surface area (Å²) in [6.45, 7) is -0.733. The molecule has 1 aromatic heterocycles. The highest BCUT2D eigenvalue weighted by atomic mass is 19.2. The topological polar surface area (TPSA) is 136 Å². The molecule has 0 spiro atoms. The highest BCUT2D eigenvalue weighted by Crippen LogP contribution is 2.33. The van der Waals surface area contributed by atoms with Crippen LogP contribution in [0, 0.1) is 17.5 Å². The van der Waals surface area contributed by atoms with Crippen LogP contribution in [-0.2, 0) is 25.6 Å². The smallest absolute Gasteiger partial charge is 0.337 e. The third kappa shape index (κ3) is 5.50. The average molecular weight is 523 g/mol. The van der Waals surface area contributed by atoms with Crippen LogP contribution in [0.25, 0.3) is 11.3 Å². The number of carbonyl (C=O) groups excluding carboxylic acids is 1. The number of hydrogen-bond acceptors (Lipinski definition) is 9. The van der Waals surface area contributed by atoms with Gasteiger partial charge in [-0.15, -0.1) is 5.10 Å². The summed E-state index contributed by atoms with van der Waals surface area (Å²) in [5.41, 5.74) is 0.481. The van der Waals surface area contributed by atoms with Gasteiger partial charge in [-0.05, 0) is 17.7 Å². The number of aromatic nitrogens is 3. The average Bonchev–Trinajstić information content (AvgIpc) is 3.38. The van der Waals surface area contributed by atoms with Gasteiger partial charge in [0.1, 0.15) is 36.2 Å². The Morgan fingerprint density at radius 2 is 1.81 bits per heavy atom. The van der Waals surface area contributed by atoms with Crippen molar-refractivity contribution in [3.05, 3.63) is 71.7 Å². The van der Waals surface area contributed by atoms with Crippen molar-refractivity contribution in [2.75, 3.05) is 13.7 Å². The summed E-state index contributed by atoms with van der Waals surface area (Å²) in [4.78, 5) is 12.6. The Bertz CT molecular complexity index is 1210. The number of hydrogen-bond donors (Lipinski definition) is 3. The predicted molar refractivity (Wildman–Crippen MR) is 119 cm³/mol. The number of methoxy groups -OCH3 is 1. The zero-order valence-electron chi connectivity index (χ0n) is 19.4. The van der Waals surface area contributed by atoms with Gasteiger partial charge in [0.05, 0.1) is 26.5 Å². The second-order valence-corrected chi connectivity index (χ2v) is 8.37. The first kappa shape index (κ1) is 26.7. The normalized spacial score (nSPS) is 24.6. The van der Waals surface area contributed by atoms with Crippen molar-refractivity contribution in [2.24, 2.45) is 0 Å². The SMILES string of the molecule is COC(=O)[C@@H](OCc1ccccc1)[C@@H]1OC(CO)[C@H](O)[C@H](n2cc(-c3cc(F)c(F)c(F)c3)nn2)C1O. The summed E-state index contributed by atoms with van der Waals surface area (Å²) in [7, 11) is 1.12. The van der Waals surface area contributed by atoms with E-state index in [-0.39, 0.29) is 17.9 Å². The molecule has 6 atom stereocenters. The molecule has 2 heterocycles. The summed E-state index contributed by atoms with van der Waals surface area (Å²) >= 11 is 0. The van der Waals surface area contributed by atoms with Gasteiger partial charge < -0.3 is 29.5 Å². The van der Waals surface area contributed by atoms with Crippen LogP contribution in [0.3, 0.4) is 0 Å². The molecular weight excluding hydrogens is 499 g/mol. The highest BCUT2D eigenvalue weighted by Gasteiger charge is 2.51. The Morgan fingerprint density at radius 3 is 2.43 bits per heavy atom. The van der Waals surface area contributed by atoms with Crippen LogP contribution in [0.15, 0.2) is 48.7 Å². The molecule has 1 aliphatic rings. The van der Waals surface area contributed by atoms with E-state index in [1.165, 1.54) is 0 Å². The number of rotatable bonds is 8. The van der Waals surface area contributed by atoms with Crippen LogP contribution in [0.4, 0.5) is 13.2 Å². The summed E-state index contributed by atoms with van der Waals surface area (Å²) in [6, 6.07) is 8.96. The van der Waals surface area contributed by atoms with Gasteiger partial charge >= 0.3 is 5.97 Å². The van der Waals surface area contributed by atoms with Crippen molar-refractivity contribution in [1.29, 1.82) is 0 Å². The highest BCUT2D eigenvalue weighted by molar-refractivity contribution is 5.75. The Balaban J connectivity index is 1.64. The molecular formula is C24H24F3N3O7. The molecule has 1 fully saturated rings. The lowest BCUT2D eigenvalue weighted by atomic mass is 9.90. The van der Waals surface area contributed by atoms with Crippen LogP contribution in [-0.4, -0.2) is 80.5 Å². The molecule has 3 N–H and O–H groups in total. The first-order chi connectivity index (χ1) is 17.7. The molecule has 198 valence electrons. The molecule has 0 saturated carbocycles. The third-order valence-corrected chi connectivity index (χ3v) is 6.03. The van der Waals surface area contributed by atoms with Crippen molar-refractivity contribution < 1.29 is 47.5 Å². The van der Waals surface area contributed by atoms with Crippen molar-refractivity contribution >= 4 is 5.97 Å². The molecule has 4 rings (SSSR count).